The number of Topliss-reactive ketones (excluding diaryl/α,β-unsaturated/α-hetero) is 1. The van der Waals surface area contributed by atoms with Crippen molar-refractivity contribution in [2.75, 3.05) is 6.61 Å². The van der Waals surface area contributed by atoms with Crippen molar-refractivity contribution >= 4 is 23.6 Å². The van der Waals surface area contributed by atoms with Gasteiger partial charge in [0, 0.05) is 118 Å². The van der Waals surface area contributed by atoms with Crippen LogP contribution < -0.4 is 5.32 Å². The van der Waals surface area contributed by atoms with E-state index in [2.05, 4.69) is 5.32 Å². The maximum Gasteiger partial charge on any atom is 0.338 e. The number of rotatable bonds is 8. The van der Waals surface area contributed by atoms with E-state index in [1.807, 2.05) is 6.07 Å². The summed E-state index contributed by atoms with van der Waals surface area (Å²) in [4.78, 5) is 56.5. The molecule has 2 saturated carbocycles. The summed E-state index contributed by atoms with van der Waals surface area (Å²) in [5.41, 5.74) is -6.02. The molecule has 11 atom stereocenters. The minimum atomic E-state index is -2.22. The summed E-state index contributed by atoms with van der Waals surface area (Å²) < 4.78 is 18.2. The molecule has 1 amide bonds. The van der Waals surface area contributed by atoms with Crippen LogP contribution in [-0.2, 0) is 23.8 Å². The van der Waals surface area contributed by atoms with Gasteiger partial charge in [0.15, 0.2) is 5.78 Å². The second-order valence-corrected chi connectivity index (χ2v) is 16.6. The van der Waals surface area contributed by atoms with E-state index in [9.17, 15) is 39.6 Å². The van der Waals surface area contributed by atoms with Gasteiger partial charge in [-0.1, -0.05) is 80.6 Å². The Morgan fingerprint density at radius 1 is 0.845 bits per heavy atom. The minimum absolute atomic E-state index is 0. The Labute approximate surface area is 409 Å². The number of aliphatic hydroxyl groups is 4. The number of ketones is 1. The molecular formula is C44H49Ac2NO11. The van der Waals surface area contributed by atoms with Crippen LogP contribution in [0.1, 0.15) is 79.8 Å². The zero-order valence-electron chi connectivity index (χ0n) is 33.2. The van der Waals surface area contributed by atoms with Crippen molar-refractivity contribution in [2.45, 2.75) is 95.2 Å². The quantitative estimate of drug-likeness (QED) is 0.163. The molecule has 3 aliphatic carbocycles. The molecule has 0 aromatic heterocycles. The van der Waals surface area contributed by atoms with Crippen LogP contribution in [0.5, 0.6) is 0 Å². The number of amides is 1. The average molecular weight is 1220 g/mol. The molecule has 14 heteroatoms. The number of aliphatic hydroxyl groups excluding tert-OH is 2. The summed E-state index contributed by atoms with van der Waals surface area (Å²) in [7, 11) is 0. The van der Waals surface area contributed by atoms with Gasteiger partial charge in [-0.2, -0.15) is 0 Å². The normalized spacial score (nSPS) is 33.1. The molecule has 1 aliphatic heterocycles. The van der Waals surface area contributed by atoms with Gasteiger partial charge in [0.05, 0.1) is 41.8 Å². The van der Waals surface area contributed by atoms with Crippen LogP contribution in [-0.4, -0.2) is 92.4 Å². The van der Waals surface area contributed by atoms with Crippen molar-refractivity contribution in [1.82, 2.24) is 5.32 Å². The van der Waals surface area contributed by atoms with Crippen LogP contribution in [0, 0.1) is 111 Å². The van der Waals surface area contributed by atoms with Crippen LogP contribution in [0.25, 0.3) is 0 Å². The van der Waals surface area contributed by atoms with E-state index in [0.717, 1.165) is 0 Å². The molecule has 5 N–H and O–H groups in total. The molecule has 1 heterocycles. The Hall–Kier alpha value is -1.84. The van der Waals surface area contributed by atoms with Gasteiger partial charge in [-0.15, -0.1) is 0 Å². The Morgan fingerprint density at radius 3 is 1.95 bits per heavy atom. The minimum Gasteiger partial charge on any atom is -0.457 e. The van der Waals surface area contributed by atoms with Crippen molar-refractivity contribution in [3.8, 4) is 0 Å². The van der Waals surface area contributed by atoms with Gasteiger partial charge in [0.2, 0.25) is 0 Å². The van der Waals surface area contributed by atoms with Crippen LogP contribution >= 0.6 is 0 Å². The number of ether oxygens (including phenoxy) is 3. The fourth-order valence-corrected chi connectivity index (χ4v) is 9.73. The van der Waals surface area contributed by atoms with E-state index in [-0.39, 0.29) is 119 Å². The molecule has 3 aromatic rings. The zero-order valence-corrected chi connectivity index (χ0v) is 42.7. The van der Waals surface area contributed by atoms with Gasteiger partial charge in [-0.25, -0.2) is 4.79 Å². The van der Waals surface area contributed by atoms with Crippen molar-refractivity contribution in [1.29, 1.82) is 0 Å². The number of hydrogen-bond acceptors (Lipinski definition) is 11. The molecule has 3 fully saturated rings. The van der Waals surface area contributed by atoms with Gasteiger partial charge in [-0.3, -0.25) is 14.4 Å². The molecule has 11 unspecified atom stereocenters. The molecule has 7 rings (SSSR count). The van der Waals surface area contributed by atoms with E-state index < -0.39 is 94.1 Å². The predicted molar refractivity (Wildman–Crippen MR) is 202 cm³/mol. The standard InChI is InChI=1S/C44H49NO11.2Ac/c1-24-29(55-39(50)25(2)33(26-15-9-6-10-16-26)45-38(49)27-17-11-7-12-18-27)22-44(53)37(56-40(51)28-19-13-8-14-20-28)35-42(5,30(46)21-31-43(35,52)23-54-31)36(48)34(47)32(24)41(44,3)4;;/h6-20,25,29-31,33-35,37,46-47,52-53H,21-23H2,1-5H3,(H,45,49);;. The number of carbonyl (C=O) groups is 4. The molecule has 2 radical (unpaired) electrons. The first-order valence-corrected chi connectivity index (χ1v) is 19.0. The molecule has 2 bridgehead atoms. The summed E-state index contributed by atoms with van der Waals surface area (Å²) in [6.45, 7) is 7.57. The third kappa shape index (κ3) is 7.79. The Morgan fingerprint density at radius 2 is 1.40 bits per heavy atom. The summed E-state index contributed by atoms with van der Waals surface area (Å²) >= 11 is 0. The van der Waals surface area contributed by atoms with E-state index in [4.69, 9.17) is 14.2 Å². The SMILES string of the molecule is CC1=C2C(O)C(=O)C3(C)C(O)CC4OCC4(O)C3C(OC(=O)c3ccccc3)C(O)(CC1OC(=O)C(C)C(NC(=O)c1ccccc1)c1ccccc1)C2(C)C.[Ac].[Ac]. The van der Waals surface area contributed by atoms with Gasteiger partial charge < -0.3 is 40.0 Å². The predicted octanol–water partition coefficient (Wildman–Crippen LogP) is 3.87. The zero-order chi connectivity index (χ0) is 40.4. The third-order valence-corrected chi connectivity index (χ3v) is 13.2. The monoisotopic (exact) mass is 1220 g/mol. The Kier molecular flexibility index (Phi) is 14.5. The first-order chi connectivity index (χ1) is 26.5. The van der Waals surface area contributed by atoms with E-state index >= 15 is 0 Å². The van der Waals surface area contributed by atoms with Crippen LogP contribution in [0.2, 0.25) is 0 Å². The average Bonchev–Trinajstić information content (AvgIpc) is 3.19. The molecule has 58 heavy (non-hydrogen) atoms. The number of carbonyl (C=O) groups excluding carboxylic acids is 4. The van der Waals surface area contributed by atoms with Crippen molar-refractivity contribution in [2.24, 2.45) is 22.7 Å². The van der Waals surface area contributed by atoms with Crippen LogP contribution in [0.4, 0.5) is 0 Å². The van der Waals surface area contributed by atoms with E-state index in [0.29, 0.717) is 16.7 Å². The van der Waals surface area contributed by atoms with Crippen LogP contribution in [0.15, 0.2) is 102 Å². The second kappa shape index (κ2) is 17.9. The molecule has 12 nitrogen and oxygen atoms in total. The van der Waals surface area contributed by atoms with E-state index in [1.54, 1.807) is 100 Å². The third-order valence-electron chi connectivity index (χ3n) is 13.2. The maximum absolute atomic E-state index is 14.8. The van der Waals surface area contributed by atoms with E-state index in [1.165, 1.54) is 19.1 Å². The van der Waals surface area contributed by atoms with Crippen molar-refractivity contribution < 1.29 is 142 Å². The van der Waals surface area contributed by atoms with Crippen molar-refractivity contribution in [3.05, 3.63) is 119 Å². The summed E-state index contributed by atoms with van der Waals surface area (Å²) in [6.07, 6.45) is -7.80. The Bertz CT molecular complexity index is 2050. The summed E-state index contributed by atoms with van der Waals surface area (Å²) in [5, 5.41) is 52.4. The first kappa shape index (κ1) is 47.2. The number of benzene rings is 3. The van der Waals surface area contributed by atoms with Crippen molar-refractivity contribution in [3.63, 3.8) is 0 Å². The maximum atomic E-state index is 14.8. The second-order valence-electron chi connectivity index (χ2n) is 16.6. The number of hydrogen-bond donors (Lipinski definition) is 5. The molecule has 302 valence electrons. The Balaban J connectivity index is 0.00000320. The summed E-state index contributed by atoms with van der Waals surface area (Å²) in [6, 6.07) is 24.7. The molecular weight excluding hydrogens is 1170 g/mol. The van der Waals surface area contributed by atoms with Crippen LogP contribution in [0.3, 0.4) is 0 Å². The van der Waals surface area contributed by atoms with Gasteiger partial charge in [0.25, 0.3) is 5.91 Å². The summed E-state index contributed by atoms with van der Waals surface area (Å²) in [5.74, 6) is -5.31. The molecule has 0 spiro atoms. The topological polar surface area (TPSA) is 189 Å². The first-order valence-electron chi connectivity index (χ1n) is 19.0. The number of nitrogens with one attached hydrogen (secondary N) is 1. The van der Waals surface area contributed by atoms with Gasteiger partial charge in [0.1, 0.15) is 29.5 Å². The number of esters is 2. The fourth-order valence-electron chi connectivity index (χ4n) is 9.73. The number of fused-ring (bicyclic) bond motifs is 5. The smallest absolute Gasteiger partial charge is 0.338 e. The molecule has 4 aliphatic rings. The van der Waals surface area contributed by atoms with Gasteiger partial charge in [-0.05, 0) is 61.7 Å². The fraction of sp³-hybridized carbons (Fsp3) is 0.455. The largest absolute Gasteiger partial charge is 0.457 e. The van der Waals surface area contributed by atoms with Gasteiger partial charge >= 0.3 is 11.9 Å². The molecule has 3 aromatic carbocycles. The molecule has 1 saturated heterocycles.